The van der Waals surface area contributed by atoms with Crippen LogP contribution in [0.1, 0.15) is 27.2 Å². The first-order chi connectivity index (χ1) is 6.01. The standard InChI is InChI=1S/C11H20O2/c1-8-5-9(13-4)6-11(2,3)10(8)7-12/h5,9-10,12H,6-7H2,1-4H3. The van der Waals surface area contributed by atoms with Crippen LogP contribution in [0.2, 0.25) is 0 Å². The van der Waals surface area contributed by atoms with Crippen LogP contribution in [0.5, 0.6) is 0 Å². The Bertz CT molecular complexity index is 206. The van der Waals surface area contributed by atoms with Crippen LogP contribution >= 0.6 is 0 Å². The highest BCUT2D eigenvalue weighted by Crippen LogP contribution is 2.41. The third-order valence-corrected chi connectivity index (χ3v) is 3.15. The van der Waals surface area contributed by atoms with Gasteiger partial charge in [-0.15, -0.1) is 0 Å². The average molecular weight is 184 g/mol. The number of rotatable bonds is 2. The molecule has 2 unspecified atom stereocenters. The lowest BCUT2D eigenvalue weighted by molar-refractivity contribution is 0.0443. The maximum atomic E-state index is 9.27. The topological polar surface area (TPSA) is 29.5 Å². The molecule has 1 aliphatic carbocycles. The minimum absolute atomic E-state index is 0.147. The van der Waals surface area contributed by atoms with Crippen molar-refractivity contribution in [1.29, 1.82) is 0 Å². The Morgan fingerprint density at radius 2 is 2.23 bits per heavy atom. The van der Waals surface area contributed by atoms with Crippen LogP contribution in [-0.2, 0) is 4.74 Å². The van der Waals surface area contributed by atoms with Crippen molar-refractivity contribution in [3.05, 3.63) is 11.6 Å². The van der Waals surface area contributed by atoms with Crippen molar-refractivity contribution in [2.24, 2.45) is 11.3 Å². The molecule has 0 heterocycles. The largest absolute Gasteiger partial charge is 0.396 e. The van der Waals surface area contributed by atoms with Gasteiger partial charge in [0.05, 0.1) is 12.7 Å². The van der Waals surface area contributed by atoms with E-state index in [1.165, 1.54) is 5.57 Å². The SMILES string of the molecule is COC1C=C(C)C(CO)C(C)(C)C1. The first-order valence-corrected chi connectivity index (χ1v) is 4.83. The van der Waals surface area contributed by atoms with Crippen molar-refractivity contribution in [3.63, 3.8) is 0 Å². The first-order valence-electron chi connectivity index (χ1n) is 4.83. The molecule has 2 nitrogen and oxygen atoms in total. The van der Waals surface area contributed by atoms with Crippen LogP contribution in [0.3, 0.4) is 0 Å². The van der Waals surface area contributed by atoms with E-state index in [1.807, 2.05) is 0 Å². The molecule has 0 aromatic carbocycles. The van der Waals surface area contributed by atoms with E-state index in [0.717, 1.165) is 6.42 Å². The Hall–Kier alpha value is -0.340. The molecule has 13 heavy (non-hydrogen) atoms. The molecule has 76 valence electrons. The Morgan fingerprint density at radius 3 is 2.62 bits per heavy atom. The molecule has 0 aromatic heterocycles. The van der Waals surface area contributed by atoms with Gasteiger partial charge in [-0.05, 0) is 18.8 Å². The summed E-state index contributed by atoms with van der Waals surface area (Å²) >= 11 is 0. The van der Waals surface area contributed by atoms with Crippen molar-refractivity contribution in [2.45, 2.75) is 33.3 Å². The van der Waals surface area contributed by atoms with E-state index in [1.54, 1.807) is 7.11 Å². The Kier molecular flexibility index (Phi) is 3.14. The van der Waals surface area contributed by atoms with Gasteiger partial charge >= 0.3 is 0 Å². The second-order valence-corrected chi connectivity index (χ2v) is 4.61. The van der Waals surface area contributed by atoms with Crippen molar-refractivity contribution in [1.82, 2.24) is 0 Å². The average Bonchev–Trinajstić information content (AvgIpc) is 2.02. The van der Waals surface area contributed by atoms with Gasteiger partial charge in [0.2, 0.25) is 0 Å². The second kappa shape index (κ2) is 3.81. The fraction of sp³-hybridized carbons (Fsp3) is 0.818. The molecule has 0 amide bonds. The zero-order valence-electron chi connectivity index (χ0n) is 9.00. The van der Waals surface area contributed by atoms with E-state index in [9.17, 15) is 5.11 Å². The minimum Gasteiger partial charge on any atom is -0.396 e. The molecule has 0 saturated carbocycles. The number of methoxy groups -OCH3 is 1. The highest BCUT2D eigenvalue weighted by molar-refractivity contribution is 5.15. The minimum atomic E-state index is 0.147. The fourth-order valence-electron chi connectivity index (χ4n) is 2.29. The molecule has 0 fully saturated rings. The van der Waals surface area contributed by atoms with Crippen molar-refractivity contribution in [2.75, 3.05) is 13.7 Å². The van der Waals surface area contributed by atoms with Crippen LogP contribution in [0.15, 0.2) is 11.6 Å². The van der Waals surface area contributed by atoms with Crippen LogP contribution in [0, 0.1) is 11.3 Å². The molecule has 0 aromatic rings. The lowest BCUT2D eigenvalue weighted by atomic mass is 9.68. The molecular formula is C11H20O2. The van der Waals surface area contributed by atoms with Crippen molar-refractivity contribution < 1.29 is 9.84 Å². The van der Waals surface area contributed by atoms with Gasteiger partial charge in [0.25, 0.3) is 0 Å². The third-order valence-electron chi connectivity index (χ3n) is 3.15. The van der Waals surface area contributed by atoms with E-state index in [2.05, 4.69) is 26.8 Å². The molecule has 0 saturated heterocycles. The lowest BCUT2D eigenvalue weighted by Crippen LogP contribution is -2.36. The predicted molar refractivity (Wildman–Crippen MR) is 53.5 cm³/mol. The molecule has 1 rings (SSSR count). The summed E-state index contributed by atoms with van der Waals surface area (Å²) < 4.78 is 5.33. The summed E-state index contributed by atoms with van der Waals surface area (Å²) in [6.07, 6.45) is 3.34. The Labute approximate surface area is 80.6 Å². The van der Waals surface area contributed by atoms with Gasteiger partial charge in [-0.3, -0.25) is 0 Å². The number of hydrogen-bond acceptors (Lipinski definition) is 2. The smallest absolute Gasteiger partial charge is 0.0760 e. The number of hydrogen-bond donors (Lipinski definition) is 1. The Balaban J connectivity index is 2.87. The van der Waals surface area contributed by atoms with E-state index >= 15 is 0 Å². The summed E-state index contributed by atoms with van der Waals surface area (Å²) in [5.74, 6) is 0.291. The zero-order chi connectivity index (χ0) is 10.1. The highest BCUT2D eigenvalue weighted by Gasteiger charge is 2.36. The van der Waals surface area contributed by atoms with Crippen molar-refractivity contribution in [3.8, 4) is 0 Å². The van der Waals surface area contributed by atoms with E-state index in [4.69, 9.17) is 4.74 Å². The van der Waals surface area contributed by atoms with Crippen LogP contribution in [0.25, 0.3) is 0 Å². The highest BCUT2D eigenvalue weighted by atomic mass is 16.5. The maximum absolute atomic E-state index is 9.27. The first kappa shape index (κ1) is 10.7. The quantitative estimate of drug-likeness (QED) is 0.665. The normalized spacial score (nSPS) is 32.8. The summed E-state index contributed by atoms with van der Waals surface area (Å²) in [5, 5.41) is 9.27. The van der Waals surface area contributed by atoms with Gasteiger partial charge in [0, 0.05) is 13.0 Å². The molecular weight excluding hydrogens is 164 g/mol. The number of aliphatic hydroxyl groups is 1. The lowest BCUT2D eigenvalue weighted by Gasteiger charge is -2.40. The van der Waals surface area contributed by atoms with Crippen molar-refractivity contribution >= 4 is 0 Å². The molecule has 0 aliphatic heterocycles. The fourth-order valence-corrected chi connectivity index (χ4v) is 2.29. The molecule has 0 spiro atoms. The maximum Gasteiger partial charge on any atom is 0.0760 e. The molecule has 0 radical (unpaired) electrons. The van der Waals surface area contributed by atoms with Gasteiger partial charge in [0.1, 0.15) is 0 Å². The van der Waals surface area contributed by atoms with E-state index in [-0.39, 0.29) is 18.1 Å². The van der Waals surface area contributed by atoms with Crippen LogP contribution in [-0.4, -0.2) is 24.9 Å². The predicted octanol–water partition coefficient (Wildman–Crippen LogP) is 1.99. The summed E-state index contributed by atoms with van der Waals surface area (Å²) in [7, 11) is 1.74. The molecule has 2 heteroatoms. The third kappa shape index (κ3) is 2.12. The molecule has 2 atom stereocenters. The summed E-state index contributed by atoms with van der Waals surface area (Å²) in [5.41, 5.74) is 1.40. The van der Waals surface area contributed by atoms with Gasteiger partial charge in [-0.25, -0.2) is 0 Å². The molecule has 0 bridgehead atoms. The van der Waals surface area contributed by atoms with Crippen LogP contribution < -0.4 is 0 Å². The Morgan fingerprint density at radius 1 is 1.62 bits per heavy atom. The van der Waals surface area contributed by atoms with E-state index in [0.29, 0.717) is 5.92 Å². The van der Waals surface area contributed by atoms with Gasteiger partial charge in [0.15, 0.2) is 0 Å². The summed E-state index contributed by atoms with van der Waals surface area (Å²) in [6.45, 7) is 6.70. The molecule has 1 aliphatic rings. The van der Waals surface area contributed by atoms with Crippen LogP contribution in [0.4, 0.5) is 0 Å². The number of aliphatic hydroxyl groups excluding tert-OH is 1. The zero-order valence-corrected chi connectivity index (χ0v) is 9.00. The van der Waals surface area contributed by atoms with E-state index < -0.39 is 0 Å². The number of ether oxygens (including phenoxy) is 1. The van der Waals surface area contributed by atoms with Gasteiger partial charge in [-0.2, -0.15) is 0 Å². The van der Waals surface area contributed by atoms with Gasteiger partial charge in [-0.1, -0.05) is 25.5 Å². The summed E-state index contributed by atoms with van der Waals surface area (Å²) in [4.78, 5) is 0. The monoisotopic (exact) mass is 184 g/mol. The second-order valence-electron chi connectivity index (χ2n) is 4.61. The molecule has 1 N–H and O–H groups in total. The summed E-state index contributed by atoms with van der Waals surface area (Å²) in [6, 6.07) is 0. The van der Waals surface area contributed by atoms with Gasteiger partial charge < -0.3 is 9.84 Å².